The van der Waals surface area contributed by atoms with E-state index in [0.29, 0.717) is 6.42 Å². The van der Waals surface area contributed by atoms with E-state index in [4.69, 9.17) is 5.73 Å². The Morgan fingerprint density at radius 2 is 2.20 bits per heavy atom. The predicted octanol–water partition coefficient (Wildman–Crippen LogP) is 0.944. The maximum absolute atomic E-state index is 11.4. The Kier molecular flexibility index (Phi) is 5.33. The van der Waals surface area contributed by atoms with Crippen LogP contribution in [0.2, 0.25) is 0 Å². The fourth-order valence-electron chi connectivity index (χ4n) is 0.345. The van der Waals surface area contributed by atoms with Crippen LogP contribution in [-0.4, -0.2) is 24.6 Å². The van der Waals surface area contributed by atoms with Crippen LogP contribution in [0.4, 0.5) is 8.78 Å². The summed E-state index contributed by atoms with van der Waals surface area (Å²) >= 11 is 4.48. The van der Waals surface area contributed by atoms with Crippen LogP contribution in [0.1, 0.15) is 6.42 Å². The summed E-state index contributed by atoms with van der Waals surface area (Å²) < 4.78 is 27.2. The van der Waals surface area contributed by atoms with Crippen LogP contribution in [0.3, 0.4) is 0 Å². The van der Waals surface area contributed by atoms with E-state index in [0.717, 1.165) is 0 Å². The summed E-state index contributed by atoms with van der Waals surface area (Å²) in [5, 5.41) is 0. The molecule has 60 valence electrons. The molecule has 5 heteroatoms. The van der Waals surface area contributed by atoms with Crippen molar-refractivity contribution < 1.29 is 13.5 Å². The topological polar surface area (TPSA) is 35.2 Å². The monoisotopic (exact) mass is 169 g/mol. The zero-order valence-corrected chi connectivity index (χ0v) is 6.16. The smallest absolute Gasteiger partial charge is 0.261 e. The highest BCUT2D eigenvalue weighted by Gasteiger charge is 2.00. The lowest BCUT2D eigenvalue weighted by Crippen LogP contribution is -2.13. The third-order valence-electron chi connectivity index (χ3n) is 0.737. The zero-order valence-electron chi connectivity index (χ0n) is 5.35. The molecule has 0 aromatic carbocycles. The number of thiocarbonyl (C=S) groups is 1. The first-order valence-corrected chi connectivity index (χ1v) is 3.18. The van der Waals surface area contributed by atoms with E-state index >= 15 is 0 Å². The van der Waals surface area contributed by atoms with Crippen molar-refractivity contribution in [3.8, 4) is 0 Å². The van der Waals surface area contributed by atoms with E-state index in [-0.39, 0.29) is 11.6 Å². The Morgan fingerprint density at radius 1 is 1.60 bits per heavy atom. The van der Waals surface area contributed by atoms with Gasteiger partial charge in [-0.2, -0.15) is 0 Å². The van der Waals surface area contributed by atoms with Gasteiger partial charge in [0.05, 0.1) is 11.6 Å². The third kappa shape index (κ3) is 7.71. The van der Waals surface area contributed by atoms with Gasteiger partial charge < -0.3 is 10.5 Å². The van der Waals surface area contributed by atoms with E-state index in [9.17, 15) is 8.78 Å². The van der Waals surface area contributed by atoms with E-state index in [1.807, 2.05) is 0 Å². The van der Waals surface area contributed by atoms with Crippen molar-refractivity contribution in [2.45, 2.75) is 12.8 Å². The van der Waals surface area contributed by atoms with E-state index in [2.05, 4.69) is 17.0 Å². The molecule has 0 aliphatic carbocycles. The van der Waals surface area contributed by atoms with Crippen molar-refractivity contribution in [2.75, 3.05) is 13.2 Å². The van der Waals surface area contributed by atoms with Crippen molar-refractivity contribution in [1.29, 1.82) is 0 Å². The standard InChI is InChI=1S/C5H9F2NOS/c6-4(7)3-9-2-1-5(8)10/h4H,1-3H2,(H2,8,10). The van der Waals surface area contributed by atoms with Gasteiger partial charge >= 0.3 is 0 Å². The molecular formula is C5H9F2NOS. The first-order chi connectivity index (χ1) is 4.63. The van der Waals surface area contributed by atoms with Crippen LogP contribution in [0.25, 0.3) is 0 Å². The Hall–Kier alpha value is -0.290. The summed E-state index contributed by atoms with van der Waals surface area (Å²) in [5.41, 5.74) is 5.07. The Labute approximate surface area is 63.3 Å². The number of halogens is 2. The predicted molar refractivity (Wildman–Crippen MR) is 38.2 cm³/mol. The minimum Gasteiger partial charge on any atom is -0.393 e. The molecule has 0 aliphatic heterocycles. The molecule has 0 amide bonds. The van der Waals surface area contributed by atoms with Gasteiger partial charge in [-0.15, -0.1) is 0 Å². The SMILES string of the molecule is NC(=S)CCOCC(F)F. The molecule has 2 N–H and O–H groups in total. The highest BCUT2D eigenvalue weighted by molar-refractivity contribution is 7.80. The number of ether oxygens (including phenoxy) is 1. The molecule has 0 aromatic heterocycles. The molecule has 0 rings (SSSR count). The van der Waals surface area contributed by atoms with Crippen molar-refractivity contribution in [2.24, 2.45) is 5.73 Å². The number of hydrogen-bond donors (Lipinski definition) is 1. The molecule has 10 heavy (non-hydrogen) atoms. The van der Waals surface area contributed by atoms with Crippen molar-refractivity contribution in [3.63, 3.8) is 0 Å². The molecule has 0 saturated heterocycles. The highest BCUT2D eigenvalue weighted by Crippen LogP contribution is 1.93. The average molecular weight is 169 g/mol. The molecule has 2 nitrogen and oxygen atoms in total. The first kappa shape index (κ1) is 9.71. The van der Waals surface area contributed by atoms with Crippen molar-refractivity contribution in [3.05, 3.63) is 0 Å². The van der Waals surface area contributed by atoms with E-state index in [1.54, 1.807) is 0 Å². The van der Waals surface area contributed by atoms with Crippen molar-refractivity contribution in [1.82, 2.24) is 0 Å². The molecule has 0 heterocycles. The Bertz CT molecular complexity index is 110. The molecule has 0 unspecified atom stereocenters. The quantitative estimate of drug-likeness (QED) is 0.491. The largest absolute Gasteiger partial charge is 0.393 e. The molecule has 0 aromatic rings. The second-order valence-corrected chi connectivity index (χ2v) is 2.21. The first-order valence-electron chi connectivity index (χ1n) is 2.77. The van der Waals surface area contributed by atoms with Gasteiger partial charge in [0, 0.05) is 6.42 Å². The minimum absolute atomic E-state index is 0.180. The molecule has 0 radical (unpaired) electrons. The fourth-order valence-corrected chi connectivity index (χ4v) is 0.429. The van der Waals surface area contributed by atoms with Crippen LogP contribution in [0.5, 0.6) is 0 Å². The van der Waals surface area contributed by atoms with Crippen LogP contribution in [0, 0.1) is 0 Å². The van der Waals surface area contributed by atoms with Gasteiger partial charge in [0.25, 0.3) is 6.43 Å². The van der Waals surface area contributed by atoms with Gasteiger partial charge in [-0.25, -0.2) is 8.78 Å². The summed E-state index contributed by atoms with van der Waals surface area (Å²) in [6, 6.07) is 0. The maximum Gasteiger partial charge on any atom is 0.261 e. The molecule has 0 bridgehead atoms. The number of alkyl halides is 2. The second kappa shape index (κ2) is 5.49. The molecule has 0 fully saturated rings. The van der Waals surface area contributed by atoms with Crippen LogP contribution in [-0.2, 0) is 4.74 Å². The fraction of sp³-hybridized carbons (Fsp3) is 0.800. The van der Waals surface area contributed by atoms with Crippen LogP contribution >= 0.6 is 12.2 Å². The molecule has 0 aliphatic rings. The Balaban J connectivity index is 2.98. The second-order valence-electron chi connectivity index (χ2n) is 1.68. The Morgan fingerprint density at radius 3 is 2.60 bits per heavy atom. The minimum atomic E-state index is -2.41. The lowest BCUT2D eigenvalue weighted by atomic mass is 10.5. The normalized spacial score (nSPS) is 10.3. The summed E-state index contributed by atoms with van der Waals surface area (Å²) in [4.78, 5) is 0.286. The summed E-state index contributed by atoms with van der Waals surface area (Å²) in [6.45, 7) is -0.359. The molecule has 0 saturated carbocycles. The summed E-state index contributed by atoms with van der Waals surface area (Å²) in [6.07, 6.45) is -2.05. The zero-order chi connectivity index (χ0) is 7.98. The van der Waals surface area contributed by atoms with Gasteiger partial charge in [-0.05, 0) is 0 Å². The third-order valence-corrected chi connectivity index (χ3v) is 0.941. The lowest BCUT2D eigenvalue weighted by Gasteiger charge is -2.00. The number of hydrogen-bond acceptors (Lipinski definition) is 2. The van der Waals surface area contributed by atoms with Crippen LogP contribution < -0.4 is 5.73 Å². The summed E-state index contributed by atoms with van der Waals surface area (Å²) in [5.74, 6) is 0. The van der Waals surface area contributed by atoms with Gasteiger partial charge in [-0.3, -0.25) is 0 Å². The lowest BCUT2D eigenvalue weighted by molar-refractivity contribution is 0.0202. The van der Waals surface area contributed by atoms with E-state index in [1.165, 1.54) is 0 Å². The maximum atomic E-state index is 11.4. The van der Waals surface area contributed by atoms with E-state index < -0.39 is 13.0 Å². The highest BCUT2D eigenvalue weighted by atomic mass is 32.1. The van der Waals surface area contributed by atoms with Gasteiger partial charge in [-0.1, -0.05) is 12.2 Å². The van der Waals surface area contributed by atoms with Crippen molar-refractivity contribution >= 4 is 17.2 Å². The number of nitrogens with two attached hydrogens (primary N) is 1. The van der Waals surface area contributed by atoms with Gasteiger partial charge in [0.1, 0.15) is 6.61 Å². The molecule has 0 atom stereocenters. The number of rotatable bonds is 5. The summed E-state index contributed by atoms with van der Waals surface area (Å²) in [7, 11) is 0. The average Bonchev–Trinajstić information content (AvgIpc) is 1.79. The van der Waals surface area contributed by atoms with Crippen LogP contribution in [0.15, 0.2) is 0 Å². The molecule has 0 spiro atoms. The van der Waals surface area contributed by atoms with Gasteiger partial charge in [0.2, 0.25) is 0 Å². The molecular weight excluding hydrogens is 160 g/mol. The van der Waals surface area contributed by atoms with Gasteiger partial charge in [0.15, 0.2) is 0 Å².